The molecule has 1 saturated heterocycles. The molecule has 0 aromatic heterocycles. The van der Waals surface area contributed by atoms with Crippen molar-refractivity contribution in [3.63, 3.8) is 0 Å². The minimum atomic E-state index is -0.906. The fraction of sp³-hybridized carbons (Fsp3) is 0.909. The minimum Gasteiger partial charge on any atom is -0.469 e. The maximum atomic E-state index is 11.8. The van der Waals surface area contributed by atoms with Crippen molar-refractivity contribution in [1.29, 1.82) is 0 Å². The van der Waals surface area contributed by atoms with Crippen LogP contribution >= 0.6 is 0 Å². The first-order valence-electron chi connectivity index (χ1n) is 5.53. The molecule has 1 heterocycles. The van der Waals surface area contributed by atoms with Gasteiger partial charge < -0.3 is 14.6 Å². The molecule has 4 nitrogen and oxygen atoms in total. The number of carbonyl (C=O) groups is 1. The standard InChI is InChI=1S/C11H18O4/c1-14-9(12)10(3-2-4-10)11(13)5-7-15-8-6-11/h13H,2-8H2,1H3. The maximum absolute atomic E-state index is 11.8. The van der Waals surface area contributed by atoms with Crippen LogP contribution in [0.1, 0.15) is 32.1 Å². The van der Waals surface area contributed by atoms with Crippen molar-refractivity contribution >= 4 is 5.97 Å². The lowest BCUT2D eigenvalue weighted by molar-refractivity contribution is -0.203. The molecule has 0 amide bonds. The molecule has 2 rings (SSSR count). The molecule has 1 aliphatic carbocycles. The molecule has 2 fully saturated rings. The fourth-order valence-electron chi connectivity index (χ4n) is 2.77. The Hall–Kier alpha value is -0.610. The maximum Gasteiger partial charge on any atom is 0.314 e. The van der Waals surface area contributed by atoms with Crippen LogP contribution in [0.4, 0.5) is 0 Å². The summed E-state index contributed by atoms with van der Waals surface area (Å²) in [5.41, 5.74) is -1.55. The molecule has 0 unspecified atom stereocenters. The lowest BCUT2D eigenvalue weighted by Gasteiger charge is -2.52. The van der Waals surface area contributed by atoms with Gasteiger partial charge in [-0.05, 0) is 12.8 Å². The summed E-state index contributed by atoms with van der Waals surface area (Å²) in [6.45, 7) is 1.07. The second-order valence-electron chi connectivity index (χ2n) is 4.57. The molecule has 0 atom stereocenters. The summed E-state index contributed by atoms with van der Waals surface area (Å²) in [4.78, 5) is 11.8. The van der Waals surface area contributed by atoms with Crippen LogP contribution in [0, 0.1) is 5.41 Å². The molecule has 1 N–H and O–H groups in total. The number of esters is 1. The van der Waals surface area contributed by atoms with Gasteiger partial charge in [-0.25, -0.2) is 0 Å². The van der Waals surface area contributed by atoms with Crippen LogP contribution in [0.5, 0.6) is 0 Å². The van der Waals surface area contributed by atoms with Crippen LogP contribution in [0.25, 0.3) is 0 Å². The van der Waals surface area contributed by atoms with Crippen LogP contribution in [0.2, 0.25) is 0 Å². The van der Waals surface area contributed by atoms with E-state index in [4.69, 9.17) is 9.47 Å². The molecule has 15 heavy (non-hydrogen) atoms. The molecule has 2 aliphatic rings. The van der Waals surface area contributed by atoms with Gasteiger partial charge in [0.15, 0.2) is 0 Å². The van der Waals surface area contributed by atoms with Gasteiger partial charge in [-0.2, -0.15) is 0 Å². The van der Waals surface area contributed by atoms with E-state index in [2.05, 4.69) is 0 Å². The van der Waals surface area contributed by atoms with Crippen LogP contribution < -0.4 is 0 Å². The highest BCUT2D eigenvalue weighted by atomic mass is 16.5. The number of rotatable bonds is 2. The molecule has 0 spiro atoms. The number of carbonyl (C=O) groups excluding carboxylic acids is 1. The van der Waals surface area contributed by atoms with Crippen molar-refractivity contribution in [1.82, 2.24) is 0 Å². The van der Waals surface area contributed by atoms with Gasteiger partial charge >= 0.3 is 5.97 Å². The Morgan fingerprint density at radius 1 is 1.27 bits per heavy atom. The lowest BCUT2D eigenvalue weighted by atomic mass is 9.56. The molecule has 0 radical (unpaired) electrons. The molecule has 4 heteroatoms. The fourth-order valence-corrected chi connectivity index (χ4v) is 2.77. The van der Waals surface area contributed by atoms with Gasteiger partial charge in [0.1, 0.15) is 0 Å². The Bertz CT molecular complexity index is 251. The average Bonchev–Trinajstić information content (AvgIpc) is 2.16. The smallest absolute Gasteiger partial charge is 0.314 e. The second-order valence-corrected chi connectivity index (χ2v) is 4.57. The molecule has 0 aromatic rings. The summed E-state index contributed by atoms with van der Waals surface area (Å²) >= 11 is 0. The van der Waals surface area contributed by atoms with E-state index in [0.29, 0.717) is 26.1 Å². The molecule has 1 aliphatic heterocycles. The summed E-state index contributed by atoms with van der Waals surface area (Å²) in [6, 6.07) is 0. The zero-order valence-corrected chi connectivity index (χ0v) is 9.12. The van der Waals surface area contributed by atoms with Gasteiger partial charge in [-0.3, -0.25) is 4.79 Å². The van der Waals surface area contributed by atoms with Crippen molar-refractivity contribution < 1.29 is 19.4 Å². The number of aliphatic hydroxyl groups is 1. The van der Waals surface area contributed by atoms with Gasteiger partial charge in [0.25, 0.3) is 0 Å². The first-order chi connectivity index (χ1) is 7.15. The van der Waals surface area contributed by atoms with E-state index in [1.807, 2.05) is 0 Å². The molecule has 1 saturated carbocycles. The normalized spacial score (nSPS) is 27.9. The Morgan fingerprint density at radius 2 is 1.87 bits per heavy atom. The molecule has 86 valence electrons. The third-order valence-electron chi connectivity index (χ3n) is 3.99. The number of hydrogen-bond donors (Lipinski definition) is 1. The SMILES string of the molecule is COC(=O)C1(C2(O)CCOCC2)CCC1. The second kappa shape index (κ2) is 3.76. The summed E-state index contributed by atoms with van der Waals surface area (Å²) in [5.74, 6) is -0.252. The monoisotopic (exact) mass is 214 g/mol. The van der Waals surface area contributed by atoms with E-state index in [0.717, 1.165) is 19.3 Å². The first-order valence-corrected chi connectivity index (χ1v) is 5.53. The Labute approximate surface area is 89.6 Å². The zero-order valence-electron chi connectivity index (χ0n) is 9.12. The highest BCUT2D eigenvalue weighted by molar-refractivity contribution is 5.79. The average molecular weight is 214 g/mol. The summed E-state index contributed by atoms with van der Waals surface area (Å²) in [6.07, 6.45) is 3.58. The molecular weight excluding hydrogens is 196 g/mol. The summed E-state index contributed by atoms with van der Waals surface area (Å²) in [5, 5.41) is 10.6. The van der Waals surface area contributed by atoms with Crippen LogP contribution in [0.15, 0.2) is 0 Å². The topological polar surface area (TPSA) is 55.8 Å². The van der Waals surface area contributed by atoms with E-state index in [-0.39, 0.29) is 5.97 Å². The van der Waals surface area contributed by atoms with Crippen molar-refractivity contribution in [2.45, 2.75) is 37.7 Å². The van der Waals surface area contributed by atoms with Crippen LogP contribution in [-0.4, -0.2) is 37.0 Å². The molecular formula is C11H18O4. The number of hydrogen-bond acceptors (Lipinski definition) is 4. The van der Waals surface area contributed by atoms with Crippen molar-refractivity contribution in [3.05, 3.63) is 0 Å². The van der Waals surface area contributed by atoms with Crippen molar-refractivity contribution in [2.24, 2.45) is 5.41 Å². The van der Waals surface area contributed by atoms with E-state index in [1.165, 1.54) is 7.11 Å². The third-order valence-corrected chi connectivity index (χ3v) is 3.99. The predicted molar refractivity (Wildman–Crippen MR) is 53.3 cm³/mol. The first kappa shape index (κ1) is 10.9. The summed E-state index contributed by atoms with van der Waals surface area (Å²) < 4.78 is 10.1. The molecule has 0 bridgehead atoms. The Morgan fingerprint density at radius 3 is 2.27 bits per heavy atom. The van der Waals surface area contributed by atoms with E-state index >= 15 is 0 Å². The number of ether oxygens (including phenoxy) is 2. The van der Waals surface area contributed by atoms with Gasteiger partial charge in [0.05, 0.1) is 18.1 Å². The van der Waals surface area contributed by atoms with Gasteiger partial charge in [-0.1, -0.05) is 6.42 Å². The van der Waals surface area contributed by atoms with Gasteiger partial charge in [0, 0.05) is 26.1 Å². The Kier molecular flexibility index (Phi) is 2.73. The van der Waals surface area contributed by atoms with E-state index in [1.54, 1.807) is 0 Å². The quantitative estimate of drug-likeness (QED) is 0.693. The van der Waals surface area contributed by atoms with Crippen LogP contribution in [-0.2, 0) is 14.3 Å². The van der Waals surface area contributed by atoms with Crippen LogP contribution in [0.3, 0.4) is 0 Å². The number of methoxy groups -OCH3 is 1. The lowest BCUT2D eigenvalue weighted by Crippen LogP contribution is -2.59. The van der Waals surface area contributed by atoms with Crippen molar-refractivity contribution in [3.8, 4) is 0 Å². The van der Waals surface area contributed by atoms with E-state index in [9.17, 15) is 9.90 Å². The van der Waals surface area contributed by atoms with Crippen molar-refractivity contribution in [2.75, 3.05) is 20.3 Å². The molecule has 0 aromatic carbocycles. The predicted octanol–water partition coefficient (Wildman–Crippen LogP) is 0.871. The summed E-state index contributed by atoms with van der Waals surface area (Å²) in [7, 11) is 1.39. The minimum absolute atomic E-state index is 0.252. The van der Waals surface area contributed by atoms with Gasteiger partial charge in [0.2, 0.25) is 0 Å². The third kappa shape index (κ3) is 1.47. The highest BCUT2D eigenvalue weighted by Crippen LogP contribution is 2.53. The zero-order chi connectivity index (χ0) is 10.9. The Balaban J connectivity index is 2.20. The van der Waals surface area contributed by atoms with Gasteiger partial charge in [-0.15, -0.1) is 0 Å². The largest absolute Gasteiger partial charge is 0.469 e. The van der Waals surface area contributed by atoms with E-state index < -0.39 is 11.0 Å². The highest BCUT2D eigenvalue weighted by Gasteiger charge is 2.60.